The van der Waals surface area contributed by atoms with E-state index >= 15 is 0 Å². The second kappa shape index (κ2) is 15.9. The number of imidazole rings is 1. The monoisotopic (exact) mass is 514 g/mol. The molecule has 0 amide bonds. The third-order valence-electron chi connectivity index (χ3n) is 5.81. The van der Waals surface area contributed by atoms with Crippen LogP contribution in [0.15, 0.2) is 36.7 Å². The van der Waals surface area contributed by atoms with E-state index in [4.69, 9.17) is 0 Å². The predicted molar refractivity (Wildman–Crippen MR) is 116 cm³/mol. The third-order valence-corrected chi connectivity index (χ3v) is 5.81. The maximum Gasteiger partial charge on any atom is 0.253 e. The maximum absolute atomic E-state index is 13.9. The summed E-state index contributed by atoms with van der Waals surface area (Å²) in [6.07, 6.45) is 20.8. The van der Waals surface area contributed by atoms with Crippen LogP contribution in [-0.4, -0.2) is 4.57 Å². The van der Waals surface area contributed by atoms with E-state index in [0.29, 0.717) is 6.54 Å². The molecule has 0 fully saturated rings. The normalized spacial score (nSPS) is 10.9. The van der Waals surface area contributed by atoms with Crippen LogP contribution in [0.25, 0.3) is 0 Å². The highest BCUT2D eigenvalue weighted by atomic mass is 127. The van der Waals surface area contributed by atoms with Crippen LogP contribution in [-0.2, 0) is 13.1 Å². The molecule has 29 heavy (non-hydrogen) atoms. The lowest BCUT2D eigenvalue weighted by molar-refractivity contribution is -0.694. The first-order chi connectivity index (χ1) is 13.7. The van der Waals surface area contributed by atoms with Crippen molar-refractivity contribution in [2.24, 2.45) is 0 Å². The Labute approximate surface area is 194 Å². The Bertz CT molecular complexity index is 669. The molecular weight excluding hydrogens is 474 g/mol. The Morgan fingerprint density at radius 1 is 0.828 bits per heavy atom. The van der Waals surface area contributed by atoms with Gasteiger partial charge in [-0.05, 0) is 18.9 Å². The average Bonchev–Trinajstić information content (AvgIpc) is 3.04. The molecule has 0 aliphatic heterocycles. The zero-order chi connectivity index (χ0) is 20.0. The number of nitrogens with zero attached hydrogens (tertiary/aromatic N) is 2. The number of benzene rings is 1. The van der Waals surface area contributed by atoms with E-state index in [1.54, 1.807) is 6.07 Å². The molecule has 0 radical (unpaired) electrons. The van der Waals surface area contributed by atoms with Gasteiger partial charge in [0, 0.05) is 12.5 Å². The van der Waals surface area contributed by atoms with Gasteiger partial charge in [0.2, 0.25) is 0 Å². The van der Waals surface area contributed by atoms with Gasteiger partial charge in [0.25, 0.3) is 5.82 Å². The van der Waals surface area contributed by atoms with Gasteiger partial charge < -0.3 is 24.0 Å². The van der Waals surface area contributed by atoms with E-state index in [2.05, 4.69) is 35.4 Å². The van der Waals surface area contributed by atoms with Crippen LogP contribution in [0.3, 0.4) is 0 Å². The fourth-order valence-electron chi connectivity index (χ4n) is 3.88. The summed E-state index contributed by atoms with van der Waals surface area (Å²) < 4.78 is 18.3. The molecular formula is C25H40FIN2. The van der Waals surface area contributed by atoms with Gasteiger partial charge in [-0.25, -0.2) is 13.5 Å². The summed E-state index contributed by atoms with van der Waals surface area (Å²) in [7, 11) is 0. The van der Waals surface area contributed by atoms with E-state index in [9.17, 15) is 4.39 Å². The minimum atomic E-state index is -0.122. The average molecular weight is 515 g/mol. The lowest BCUT2D eigenvalue weighted by Gasteiger charge is -2.04. The van der Waals surface area contributed by atoms with Gasteiger partial charge >= 0.3 is 0 Å². The van der Waals surface area contributed by atoms with Crippen molar-refractivity contribution in [1.82, 2.24) is 4.57 Å². The summed E-state index contributed by atoms with van der Waals surface area (Å²) >= 11 is 0. The highest BCUT2D eigenvalue weighted by Crippen LogP contribution is 2.12. The van der Waals surface area contributed by atoms with Crippen LogP contribution in [0.4, 0.5) is 4.39 Å². The topological polar surface area (TPSA) is 8.81 Å². The van der Waals surface area contributed by atoms with Gasteiger partial charge in [0.15, 0.2) is 0 Å². The molecule has 164 valence electrons. The van der Waals surface area contributed by atoms with E-state index in [1.807, 2.05) is 12.1 Å². The van der Waals surface area contributed by atoms with Gasteiger partial charge in [-0.15, -0.1) is 0 Å². The summed E-state index contributed by atoms with van der Waals surface area (Å²) in [5, 5.41) is 0. The largest absolute Gasteiger partial charge is 1.00 e. The molecule has 1 aromatic carbocycles. The molecule has 1 heterocycles. The number of rotatable bonds is 15. The first-order valence-corrected chi connectivity index (χ1v) is 11.5. The molecule has 2 aromatic rings. The zero-order valence-electron chi connectivity index (χ0n) is 18.5. The molecule has 1 aromatic heterocycles. The van der Waals surface area contributed by atoms with Gasteiger partial charge in [-0.3, -0.25) is 0 Å². The first-order valence-electron chi connectivity index (χ1n) is 11.5. The van der Waals surface area contributed by atoms with E-state index in [-0.39, 0.29) is 29.8 Å². The lowest BCUT2D eigenvalue weighted by atomic mass is 10.1. The van der Waals surface area contributed by atoms with Crippen molar-refractivity contribution >= 4 is 0 Å². The molecule has 2 nitrogen and oxygen atoms in total. The lowest BCUT2D eigenvalue weighted by Crippen LogP contribution is -3.00. The van der Waals surface area contributed by atoms with Crippen molar-refractivity contribution < 1.29 is 32.9 Å². The van der Waals surface area contributed by atoms with E-state index in [1.165, 1.54) is 88.9 Å². The number of aryl methyl sites for hydroxylation is 1. The smallest absolute Gasteiger partial charge is 0.253 e. The van der Waals surface area contributed by atoms with Crippen molar-refractivity contribution in [3.8, 4) is 0 Å². The number of hydrogen-bond donors (Lipinski definition) is 0. The Balaban J connectivity index is 0.00000420. The highest BCUT2D eigenvalue weighted by Gasteiger charge is 2.13. The van der Waals surface area contributed by atoms with Gasteiger partial charge in [-0.2, -0.15) is 0 Å². The van der Waals surface area contributed by atoms with Crippen LogP contribution < -0.4 is 28.5 Å². The molecule has 0 aliphatic carbocycles. The van der Waals surface area contributed by atoms with Crippen molar-refractivity contribution in [3.63, 3.8) is 0 Å². The van der Waals surface area contributed by atoms with Crippen molar-refractivity contribution in [1.29, 1.82) is 0 Å². The molecule has 0 spiro atoms. The summed E-state index contributed by atoms with van der Waals surface area (Å²) in [5.41, 5.74) is 0.749. The molecule has 4 heteroatoms. The summed E-state index contributed by atoms with van der Waals surface area (Å²) in [4.78, 5) is 0. The second-order valence-corrected chi connectivity index (χ2v) is 8.15. The summed E-state index contributed by atoms with van der Waals surface area (Å²) in [6, 6.07) is 7.05. The van der Waals surface area contributed by atoms with E-state index < -0.39 is 0 Å². The maximum atomic E-state index is 13.9. The minimum absolute atomic E-state index is 0. The Morgan fingerprint density at radius 2 is 1.38 bits per heavy atom. The molecule has 0 saturated heterocycles. The van der Waals surface area contributed by atoms with Crippen LogP contribution in [0.1, 0.15) is 95.4 Å². The zero-order valence-corrected chi connectivity index (χ0v) is 20.7. The molecule has 0 saturated carbocycles. The SMILES string of the molecule is CCCCCCCCCCCCCCn1cc[n+](Cc2ccccc2F)c1C.[I-]. The number of hydrogen-bond acceptors (Lipinski definition) is 0. The second-order valence-electron chi connectivity index (χ2n) is 8.15. The van der Waals surface area contributed by atoms with Crippen LogP contribution >= 0.6 is 0 Å². The molecule has 0 bridgehead atoms. The van der Waals surface area contributed by atoms with Crippen molar-refractivity contribution in [2.75, 3.05) is 0 Å². The van der Waals surface area contributed by atoms with Crippen LogP contribution in [0.5, 0.6) is 0 Å². The Kier molecular flexibility index (Phi) is 14.3. The highest BCUT2D eigenvalue weighted by molar-refractivity contribution is 5.16. The summed E-state index contributed by atoms with van der Waals surface area (Å²) in [6.45, 7) is 6.07. The first kappa shape index (κ1) is 26.1. The standard InChI is InChI=1S/C25H40FN2.HI/c1-3-4-5-6-7-8-9-10-11-12-13-16-19-27-20-21-28(23(27)2)22-24-17-14-15-18-25(24)26;/h14-15,17-18,20-21H,3-13,16,19,22H2,1-2H3;1H/q+1;/p-1. The van der Waals surface area contributed by atoms with Gasteiger partial charge in [0.1, 0.15) is 24.8 Å². The van der Waals surface area contributed by atoms with Gasteiger partial charge in [0.05, 0.1) is 6.54 Å². The van der Waals surface area contributed by atoms with Gasteiger partial charge in [-0.1, -0.05) is 89.3 Å². The molecule has 0 atom stereocenters. The minimum Gasteiger partial charge on any atom is -1.00 e. The molecule has 0 unspecified atom stereocenters. The fourth-order valence-corrected chi connectivity index (χ4v) is 3.88. The quantitative estimate of drug-likeness (QED) is 0.193. The van der Waals surface area contributed by atoms with Crippen LogP contribution in [0.2, 0.25) is 0 Å². The van der Waals surface area contributed by atoms with Crippen molar-refractivity contribution in [3.05, 3.63) is 53.9 Å². The van der Waals surface area contributed by atoms with E-state index in [0.717, 1.165) is 12.1 Å². The molecule has 2 rings (SSSR count). The molecule has 0 N–H and O–H groups in total. The number of halogens is 2. The summed E-state index contributed by atoms with van der Waals surface area (Å²) in [5.74, 6) is 1.08. The third kappa shape index (κ3) is 10.1. The number of unbranched alkanes of at least 4 members (excludes halogenated alkanes) is 11. The Morgan fingerprint density at radius 3 is 1.97 bits per heavy atom. The van der Waals surface area contributed by atoms with Crippen molar-refractivity contribution in [2.45, 2.75) is 104 Å². The molecule has 0 aliphatic rings. The predicted octanol–water partition coefficient (Wildman–Crippen LogP) is 3.98. The fraction of sp³-hybridized carbons (Fsp3) is 0.640. The van der Waals surface area contributed by atoms with Crippen LogP contribution in [0, 0.1) is 12.7 Å². The number of aromatic nitrogens is 2. The Hall–Kier alpha value is -0.910.